The molecule has 0 aliphatic carbocycles. The van der Waals surface area contributed by atoms with Crippen LogP contribution in [-0.2, 0) is 4.74 Å². The fourth-order valence-electron chi connectivity index (χ4n) is 3.60. The predicted octanol–water partition coefficient (Wildman–Crippen LogP) is 3.33. The Kier molecular flexibility index (Phi) is 6.24. The Morgan fingerprint density at radius 1 is 1.07 bits per heavy atom. The number of benzene rings is 2. The normalized spacial score (nSPS) is 15.8. The first-order chi connectivity index (χ1) is 14.2. The highest BCUT2D eigenvalue weighted by Crippen LogP contribution is 2.28. The summed E-state index contributed by atoms with van der Waals surface area (Å²) in [5.41, 5.74) is 2.35. The van der Waals surface area contributed by atoms with Crippen LogP contribution in [0.4, 0.5) is 0 Å². The zero-order chi connectivity index (χ0) is 20.1. The summed E-state index contributed by atoms with van der Waals surface area (Å²) in [7, 11) is 0. The van der Waals surface area contributed by atoms with E-state index in [9.17, 15) is 4.79 Å². The number of ether oxygens (including phenoxy) is 1. The summed E-state index contributed by atoms with van der Waals surface area (Å²) in [6.07, 6.45) is 1.63. The first kappa shape index (κ1) is 19.6. The third kappa shape index (κ3) is 4.50. The molecule has 0 spiro atoms. The van der Waals surface area contributed by atoms with E-state index in [2.05, 4.69) is 15.3 Å². The molecule has 1 saturated heterocycles. The second-order valence-electron chi connectivity index (χ2n) is 6.86. The molecule has 7 heteroatoms. The average molecular weight is 411 g/mol. The zero-order valence-electron chi connectivity index (χ0n) is 16.0. The van der Waals surface area contributed by atoms with Gasteiger partial charge in [0.25, 0.3) is 5.91 Å². The molecule has 29 heavy (non-hydrogen) atoms. The minimum atomic E-state index is -0.170. The van der Waals surface area contributed by atoms with Crippen molar-refractivity contribution in [2.45, 2.75) is 6.04 Å². The minimum absolute atomic E-state index is 0.0235. The van der Waals surface area contributed by atoms with E-state index in [0.717, 1.165) is 24.3 Å². The van der Waals surface area contributed by atoms with Gasteiger partial charge in [-0.1, -0.05) is 48.0 Å². The number of amides is 1. The number of hydrogen-bond donors (Lipinski definition) is 1. The first-order valence-electron chi connectivity index (χ1n) is 9.68. The van der Waals surface area contributed by atoms with E-state index < -0.39 is 0 Å². The number of carbonyl (C=O) groups is 1. The highest BCUT2D eigenvalue weighted by Gasteiger charge is 2.25. The van der Waals surface area contributed by atoms with Gasteiger partial charge >= 0.3 is 0 Å². The van der Waals surface area contributed by atoms with Gasteiger partial charge in [-0.05, 0) is 29.8 Å². The summed E-state index contributed by atoms with van der Waals surface area (Å²) < 4.78 is 7.14. The van der Waals surface area contributed by atoms with Crippen LogP contribution in [0.2, 0.25) is 5.02 Å². The van der Waals surface area contributed by atoms with Gasteiger partial charge in [-0.15, -0.1) is 0 Å². The Balaban J connectivity index is 1.53. The Hall–Kier alpha value is -2.67. The van der Waals surface area contributed by atoms with E-state index in [1.54, 1.807) is 16.9 Å². The van der Waals surface area contributed by atoms with Crippen molar-refractivity contribution in [2.75, 3.05) is 32.8 Å². The average Bonchev–Trinajstić information content (AvgIpc) is 3.26. The van der Waals surface area contributed by atoms with Crippen LogP contribution in [0.25, 0.3) is 5.69 Å². The van der Waals surface area contributed by atoms with Crippen molar-refractivity contribution >= 4 is 17.5 Å². The predicted molar refractivity (Wildman–Crippen MR) is 112 cm³/mol. The molecule has 1 unspecified atom stereocenters. The number of para-hydroxylation sites is 1. The number of nitrogens with zero attached hydrogens (tertiary/aromatic N) is 3. The molecule has 1 fully saturated rings. The van der Waals surface area contributed by atoms with Crippen molar-refractivity contribution in [3.63, 3.8) is 0 Å². The molecule has 0 radical (unpaired) electrons. The van der Waals surface area contributed by atoms with E-state index >= 15 is 0 Å². The molecule has 1 aliphatic heterocycles. The zero-order valence-corrected chi connectivity index (χ0v) is 16.8. The van der Waals surface area contributed by atoms with Crippen molar-refractivity contribution in [1.82, 2.24) is 20.0 Å². The summed E-state index contributed by atoms with van der Waals surface area (Å²) in [5.74, 6) is -0.170. The maximum Gasteiger partial charge on any atom is 0.270 e. The van der Waals surface area contributed by atoms with Gasteiger partial charge in [0.2, 0.25) is 0 Å². The lowest BCUT2D eigenvalue weighted by Crippen LogP contribution is -2.44. The number of hydrogen-bond acceptors (Lipinski definition) is 4. The molecule has 4 rings (SSSR count). The second-order valence-corrected chi connectivity index (χ2v) is 7.27. The monoisotopic (exact) mass is 410 g/mol. The number of rotatable bonds is 6. The SMILES string of the molecule is O=C(NCC(c1ccccc1Cl)N1CCOCC1)c1ccnn1-c1ccccc1. The molecule has 150 valence electrons. The second kappa shape index (κ2) is 9.22. The van der Waals surface area contributed by atoms with Gasteiger partial charge in [0.1, 0.15) is 5.69 Å². The van der Waals surface area contributed by atoms with E-state index in [0.29, 0.717) is 30.5 Å². The number of carbonyl (C=O) groups excluding carboxylic acids is 1. The molecule has 2 heterocycles. The summed E-state index contributed by atoms with van der Waals surface area (Å²) in [6.45, 7) is 3.40. The Morgan fingerprint density at radius 3 is 2.55 bits per heavy atom. The van der Waals surface area contributed by atoms with Crippen LogP contribution in [0.1, 0.15) is 22.1 Å². The highest BCUT2D eigenvalue weighted by molar-refractivity contribution is 6.31. The van der Waals surface area contributed by atoms with Crippen LogP contribution in [0.15, 0.2) is 66.9 Å². The number of nitrogens with one attached hydrogen (secondary N) is 1. The first-order valence-corrected chi connectivity index (χ1v) is 10.1. The van der Waals surface area contributed by atoms with Crippen molar-refractivity contribution in [3.05, 3.63) is 83.1 Å². The van der Waals surface area contributed by atoms with Gasteiger partial charge in [-0.3, -0.25) is 9.69 Å². The molecule has 1 atom stereocenters. The van der Waals surface area contributed by atoms with Crippen LogP contribution in [0.5, 0.6) is 0 Å². The van der Waals surface area contributed by atoms with Gasteiger partial charge in [-0.25, -0.2) is 4.68 Å². The standard InChI is InChI=1S/C22H23ClN4O2/c23-19-9-5-4-8-18(19)21(26-12-14-29-15-13-26)16-24-22(28)20-10-11-25-27(20)17-6-2-1-3-7-17/h1-11,21H,12-16H2,(H,24,28). The summed E-state index contributed by atoms with van der Waals surface area (Å²) >= 11 is 6.47. The number of morpholine rings is 1. The Bertz CT molecular complexity index is 954. The van der Waals surface area contributed by atoms with E-state index in [4.69, 9.17) is 16.3 Å². The van der Waals surface area contributed by atoms with Gasteiger partial charge < -0.3 is 10.1 Å². The molecule has 1 amide bonds. The number of aromatic nitrogens is 2. The van der Waals surface area contributed by atoms with Crippen LogP contribution in [-0.4, -0.2) is 53.4 Å². The lowest BCUT2D eigenvalue weighted by molar-refractivity contribution is 0.0162. The van der Waals surface area contributed by atoms with Crippen LogP contribution >= 0.6 is 11.6 Å². The number of halogens is 1. The van der Waals surface area contributed by atoms with Crippen molar-refractivity contribution in [2.24, 2.45) is 0 Å². The lowest BCUT2D eigenvalue weighted by atomic mass is 10.0. The topological polar surface area (TPSA) is 59.4 Å². The van der Waals surface area contributed by atoms with E-state index in [1.165, 1.54) is 0 Å². The molecule has 0 saturated carbocycles. The van der Waals surface area contributed by atoms with E-state index in [-0.39, 0.29) is 11.9 Å². The summed E-state index contributed by atoms with van der Waals surface area (Å²) in [5, 5.41) is 8.08. The van der Waals surface area contributed by atoms with Gasteiger partial charge in [0, 0.05) is 24.7 Å². The molecule has 1 aromatic heterocycles. The molecule has 1 aliphatic rings. The third-order valence-corrected chi connectivity index (χ3v) is 5.43. The summed E-state index contributed by atoms with van der Waals surface area (Å²) in [6, 6.07) is 19.1. The van der Waals surface area contributed by atoms with E-state index in [1.807, 2.05) is 54.6 Å². The third-order valence-electron chi connectivity index (χ3n) is 5.08. The molecule has 1 N–H and O–H groups in total. The largest absolute Gasteiger partial charge is 0.379 e. The Morgan fingerprint density at radius 2 is 1.79 bits per heavy atom. The minimum Gasteiger partial charge on any atom is -0.379 e. The molecule has 0 bridgehead atoms. The quantitative estimate of drug-likeness (QED) is 0.677. The van der Waals surface area contributed by atoms with Crippen LogP contribution in [0.3, 0.4) is 0 Å². The molecular weight excluding hydrogens is 388 g/mol. The van der Waals surface area contributed by atoms with Gasteiger partial charge in [0.05, 0.1) is 31.1 Å². The molecular formula is C22H23ClN4O2. The van der Waals surface area contributed by atoms with Crippen LogP contribution < -0.4 is 5.32 Å². The van der Waals surface area contributed by atoms with Gasteiger partial charge in [0.15, 0.2) is 0 Å². The van der Waals surface area contributed by atoms with Crippen molar-refractivity contribution in [3.8, 4) is 5.69 Å². The maximum atomic E-state index is 13.0. The molecule has 6 nitrogen and oxygen atoms in total. The highest BCUT2D eigenvalue weighted by atomic mass is 35.5. The molecule has 3 aromatic rings. The van der Waals surface area contributed by atoms with Crippen molar-refractivity contribution in [1.29, 1.82) is 0 Å². The fraction of sp³-hybridized carbons (Fsp3) is 0.273. The maximum absolute atomic E-state index is 13.0. The molecule has 2 aromatic carbocycles. The lowest BCUT2D eigenvalue weighted by Gasteiger charge is -2.35. The van der Waals surface area contributed by atoms with Crippen LogP contribution in [0, 0.1) is 0 Å². The smallest absolute Gasteiger partial charge is 0.270 e. The Labute approximate surface area is 175 Å². The van der Waals surface area contributed by atoms with Gasteiger partial charge in [-0.2, -0.15) is 5.10 Å². The van der Waals surface area contributed by atoms with Crippen molar-refractivity contribution < 1.29 is 9.53 Å². The fourth-order valence-corrected chi connectivity index (χ4v) is 3.86. The summed E-state index contributed by atoms with van der Waals surface area (Å²) in [4.78, 5) is 15.3.